The molecule has 0 radical (unpaired) electrons. The Labute approximate surface area is 126 Å². The summed E-state index contributed by atoms with van der Waals surface area (Å²) in [6.07, 6.45) is -0.183. The molecule has 1 atom stereocenters. The van der Waals surface area contributed by atoms with Crippen molar-refractivity contribution in [3.8, 4) is 11.5 Å². The molecule has 1 N–H and O–H groups in total. The van der Waals surface area contributed by atoms with Crippen LogP contribution in [-0.2, 0) is 0 Å². The SMILES string of the molecule is CCC(O)c1ccccc1Oc1cc(Cl)ccc1[N+](=O)[O-]. The molecule has 0 heterocycles. The summed E-state index contributed by atoms with van der Waals surface area (Å²) < 4.78 is 5.62. The van der Waals surface area contributed by atoms with Gasteiger partial charge in [-0.1, -0.05) is 36.7 Å². The second kappa shape index (κ2) is 6.56. The zero-order valence-electron chi connectivity index (χ0n) is 11.3. The van der Waals surface area contributed by atoms with Crippen molar-refractivity contribution in [2.24, 2.45) is 0 Å². The molecule has 0 aliphatic carbocycles. The zero-order chi connectivity index (χ0) is 15.4. The number of halogens is 1. The number of nitrogens with zero attached hydrogens (tertiary/aromatic N) is 1. The molecule has 1 unspecified atom stereocenters. The highest BCUT2D eigenvalue weighted by Crippen LogP contribution is 2.36. The van der Waals surface area contributed by atoms with Crippen LogP contribution >= 0.6 is 11.6 Å². The largest absolute Gasteiger partial charge is 0.450 e. The Kier molecular flexibility index (Phi) is 4.77. The van der Waals surface area contributed by atoms with Gasteiger partial charge in [-0.3, -0.25) is 10.1 Å². The standard InChI is InChI=1S/C15H14ClNO4/c1-2-13(18)11-5-3-4-6-14(11)21-15-9-10(16)7-8-12(15)17(19)20/h3-9,13,18H,2H2,1H3. The van der Waals surface area contributed by atoms with E-state index in [0.29, 0.717) is 22.8 Å². The Morgan fingerprint density at radius 2 is 2.00 bits per heavy atom. The van der Waals surface area contributed by atoms with Crippen LogP contribution in [0.5, 0.6) is 11.5 Å². The predicted octanol–water partition coefficient (Wildman–Crippen LogP) is 4.48. The number of hydrogen-bond acceptors (Lipinski definition) is 4. The number of ether oxygens (including phenoxy) is 1. The van der Waals surface area contributed by atoms with E-state index in [2.05, 4.69) is 0 Å². The van der Waals surface area contributed by atoms with Crippen molar-refractivity contribution in [1.82, 2.24) is 0 Å². The number of nitro groups is 1. The van der Waals surface area contributed by atoms with Gasteiger partial charge in [-0.2, -0.15) is 0 Å². The van der Waals surface area contributed by atoms with Gasteiger partial charge in [0.2, 0.25) is 5.75 Å². The smallest absolute Gasteiger partial charge is 0.311 e. The van der Waals surface area contributed by atoms with Crippen molar-refractivity contribution in [3.63, 3.8) is 0 Å². The van der Waals surface area contributed by atoms with Crippen LogP contribution in [0.15, 0.2) is 42.5 Å². The Morgan fingerprint density at radius 1 is 1.29 bits per heavy atom. The quantitative estimate of drug-likeness (QED) is 0.652. The molecular formula is C15H14ClNO4. The molecule has 0 fully saturated rings. The Balaban J connectivity index is 2.43. The Morgan fingerprint density at radius 3 is 2.67 bits per heavy atom. The maximum absolute atomic E-state index is 11.0. The molecule has 0 aliphatic rings. The van der Waals surface area contributed by atoms with Gasteiger partial charge in [0.25, 0.3) is 0 Å². The summed E-state index contributed by atoms with van der Waals surface area (Å²) >= 11 is 5.87. The number of rotatable bonds is 5. The van der Waals surface area contributed by atoms with E-state index in [0.717, 1.165) is 0 Å². The summed E-state index contributed by atoms with van der Waals surface area (Å²) in [5.41, 5.74) is 0.398. The van der Waals surface area contributed by atoms with Gasteiger partial charge in [0.1, 0.15) is 5.75 Å². The second-order valence-corrected chi connectivity index (χ2v) is 4.87. The van der Waals surface area contributed by atoms with Gasteiger partial charge in [-0.05, 0) is 18.6 Å². The van der Waals surface area contributed by atoms with Crippen LogP contribution in [0.3, 0.4) is 0 Å². The minimum Gasteiger partial charge on any atom is -0.450 e. The van der Waals surface area contributed by atoms with Crippen LogP contribution < -0.4 is 4.74 Å². The van der Waals surface area contributed by atoms with E-state index in [1.807, 2.05) is 6.92 Å². The summed E-state index contributed by atoms with van der Waals surface area (Å²) in [6.45, 7) is 1.84. The van der Waals surface area contributed by atoms with Gasteiger partial charge < -0.3 is 9.84 Å². The molecule has 2 aromatic carbocycles. The number of benzene rings is 2. The van der Waals surface area contributed by atoms with Gasteiger partial charge in [0.15, 0.2) is 0 Å². The lowest BCUT2D eigenvalue weighted by Crippen LogP contribution is -2.00. The Hall–Kier alpha value is -2.11. The molecule has 0 saturated heterocycles. The fourth-order valence-electron chi connectivity index (χ4n) is 1.91. The van der Waals surface area contributed by atoms with Gasteiger partial charge in [0, 0.05) is 22.7 Å². The summed E-state index contributed by atoms with van der Waals surface area (Å²) in [5.74, 6) is 0.417. The lowest BCUT2D eigenvalue weighted by molar-refractivity contribution is -0.385. The highest BCUT2D eigenvalue weighted by Gasteiger charge is 2.19. The van der Waals surface area contributed by atoms with E-state index in [9.17, 15) is 15.2 Å². The van der Waals surface area contributed by atoms with Crippen LogP contribution in [0.25, 0.3) is 0 Å². The second-order valence-electron chi connectivity index (χ2n) is 4.43. The highest BCUT2D eigenvalue weighted by molar-refractivity contribution is 6.30. The fraction of sp³-hybridized carbons (Fsp3) is 0.200. The van der Waals surface area contributed by atoms with Crippen LogP contribution in [-0.4, -0.2) is 10.0 Å². The third-order valence-corrected chi connectivity index (χ3v) is 3.24. The molecule has 2 aromatic rings. The molecule has 110 valence electrons. The number of hydrogen-bond donors (Lipinski definition) is 1. The van der Waals surface area contributed by atoms with Crippen molar-refractivity contribution in [3.05, 3.63) is 63.2 Å². The number of aliphatic hydroxyl groups excluding tert-OH is 1. The molecule has 0 amide bonds. The Bertz CT molecular complexity index is 660. The van der Waals surface area contributed by atoms with Gasteiger partial charge in [0.05, 0.1) is 11.0 Å². The third kappa shape index (κ3) is 3.51. The average molecular weight is 308 g/mol. The van der Waals surface area contributed by atoms with E-state index in [1.54, 1.807) is 24.3 Å². The first kappa shape index (κ1) is 15.3. The minimum absolute atomic E-state index is 0.0447. The highest BCUT2D eigenvalue weighted by atomic mass is 35.5. The van der Waals surface area contributed by atoms with E-state index in [4.69, 9.17) is 16.3 Å². The first-order valence-corrected chi connectivity index (χ1v) is 6.79. The maximum atomic E-state index is 11.0. The summed E-state index contributed by atoms with van der Waals surface area (Å²) in [5, 5.41) is 21.3. The van der Waals surface area contributed by atoms with Crippen molar-refractivity contribution in [2.45, 2.75) is 19.4 Å². The van der Waals surface area contributed by atoms with Crippen LogP contribution in [0.1, 0.15) is 25.0 Å². The zero-order valence-corrected chi connectivity index (χ0v) is 12.1. The van der Waals surface area contributed by atoms with Crippen molar-refractivity contribution < 1.29 is 14.8 Å². The van der Waals surface area contributed by atoms with Gasteiger partial charge in [-0.15, -0.1) is 0 Å². The normalized spacial score (nSPS) is 12.0. The summed E-state index contributed by atoms with van der Waals surface area (Å²) in [4.78, 5) is 10.5. The first-order valence-electron chi connectivity index (χ1n) is 6.41. The third-order valence-electron chi connectivity index (χ3n) is 3.00. The van der Waals surface area contributed by atoms with Gasteiger partial charge >= 0.3 is 5.69 Å². The molecule has 5 nitrogen and oxygen atoms in total. The maximum Gasteiger partial charge on any atom is 0.311 e. The monoisotopic (exact) mass is 307 g/mol. The summed E-state index contributed by atoms with van der Waals surface area (Å²) in [6, 6.07) is 11.0. The predicted molar refractivity (Wildman–Crippen MR) is 79.9 cm³/mol. The molecule has 0 spiro atoms. The van der Waals surface area contributed by atoms with E-state index < -0.39 is 11.0 Å². The molecule has 21 heavy (non-hydrogen) atoms. The number of para-hydroxylation sites is 1. The average Bonchev–Trinajstić information content (AvgIpc) is 2.47. The number of aliphatic hydroxyl groups is 1. The molecule has 0 saturated carbocycles. The van der Waals surface area contributed by atoms with Crippen molar-refractivity contribution >= 4 is 17.3 Å². The molecule has 0 aromatic heterocycles. The topological polar surface area (TPSA) is 72.6 Å². The van der Waals surface area contributed by atoms with Crippen LogP contribution in [0, 0.1) is 10.1 Å². The van der Waals surface area contributed by atoms with E-state index in [-0.39, 0.29) is 11.4 Å². The summed E-state index contributed by atoms with van der Waals surface area (Å²) in [7, 11) is 0. The molecule has 0 bridgehead atoms. The van der Waals surface area contributed by atoms with Crippen molar-refractivity contribution in [2.75, 3.05) is 0 Å². The van der Waals surface area contributed by atoms with Crippen LogP contribution in [0.4, 0.5) is 5.69 Å². The number of nitro benzene ring substituents is 1. The fourth-order valence-corrected chi connectivity index (χ4v) is 2.07. The molecule has 2 rings (SSSR count). The minimum atomic E-state index is -0.695. The van der Waals surface area contributed by atoms with Crippen LogP contribution in [0.2, 0.25) is 5.02 Å². The van der Waals surface area contributed by atoms with Crippen molar-refractivity contribution in [1.29, 1.82) is 0 Å². The molecule has 0 aliphatic heterocycles. The lowest BCUT2D eigenvalue weighted by Gasteiger charge is -2.14. The molecule has 6 heteroatoms. The van der Waals surface area contributed by atoms with E-state index in [1.165, 1.54) is 18.2 Å². The van der Waals surface area contributed by atoms with E-state index >= 15 is 0 Å². The first-order chi connectivity index (χ1) is 10.0. The molecular weight excluding hydrogens is 294 g/mol. The lowest BCUT2D eigenvalue weighted by atomic mass is 10.1. The van der Waals surface area contributed by atoms with Gasteiger partial charge in [-0.25, -0.2) is 0 Å².